The summed E-state index contributed by atoms with van der Waals surface area (Å²) >= 11 is 0. The first kappa shape index (κ1) is 19.4. The smallest absolute Gasteiger partial charge is 0.311 e. The third-order valence-corrected chi connectivity index (χ3v) is 5.54. The van der Waals surface area contributed by atoms with Gasteiger partial charge >= 0.3 is 5.97 Å². The Balaban J connectivity index is 1.70. The number of carbonyl (C=O) groups excluding carboxylic acids is 2. The fourth-order valence-corrected chi connectivity index (χ4v) is 4.10. The predicted octanol–water partition coefficient (Wildman–Crippen LogP) is 5.87. The largest absolute Gasteiger partial charge is 0.452 e. The fourth-order valence-electron chi connectivity index (χ4n) is 4.10. The van der Waals surface area contributed by atoms with Crippen LogP contribution in [0.25, 0.3) is 6.08 Å². The van der Waals surface area contributed by atoms with Gasteiger partial charge in [-0.1, -0.05) is 52.0 Å². The Kier molecular flexibility index (Phi) is 5.03. The van der Waals surface area contributed by atoms with Crippen LogP contribution in [-0.2, 0) is 4.79 Å². The van der Waals surface area contributed by atoms with E-state index in [0.29, 0.717) is 41.1 Å². The van der Waals surface area contributed by atoms with E-state index in [1.165, 1.54) is 5.56 Å². The molecule has 1 atom stereocenters. The lowest BCUT2D eigenvalue weighted by Gasteiger charge is -2.27. The summed E-state index contributed by atoms with van der Waals surface area (Å²) < 4.78 is 11.5. The quantitative estimate of drug-likeness (QED) is 0.372. The van der Waals surface area contributed by atoms with Crippen molar-refractivity contribution in [2.75, 3.05) is 0 Å². The van der Waals surface area contributed by atoms with Crippen LogP contribution in [-0.4, -0.2) is 11.8 Å². The van der Waals surface area contributed by atoms with Crippen LogP contribution in [0.1, 0.15) is 79.4 Å². The zero-order valence-corrected chi connectivity index (χ0v) is 17.3. The minimum absolute atomic E-state index is 0.00123. The van der Waals surface area contributed by atoms with E-state index in [9.17, 15) is 9.59 Å². The maximum Gasteiger partial charge on any atom is 0.311 e. The molecule has 0 saturated heterocycles. The Hall–Kier alpha value is -2.88. The van der Waals surface area contributed by atoms with Gasteiger partial charge in [0, 0.05) is 11.5 Å². The highest BCUT2D eigenvalue weighted by Gasteiger charge is 2.37. The second-order valence-corrected chi connectivity index (χ2v) is 8.62. The first-order valence-electron chi connectivity index (χ1n) is 10.2. The van der Waals surface area contributed by atoms with Gasteiger partial charge in [-0.2, -0.15) is 0 Å². The highest BCUT2D eigenvalue weighted by atomic mass is 16.5. The summed E-state index contributed by atoms with van der Waals surface area (Å²) in [5.74, 6) is 1.89. The van der Waals surface area contributed by atoms with Gasteiger partial charge in [0.15, 0.2) is 5.76 Å². The Morgan fingerprint density at radius 3 is 2.38 bits per heavy atom. The van der Waals surface area contributed by atoms with Crippen molar-refractivity contribution in [3.05, 3.63) is 64.4 Å². The molecule has 2 aliphatic heterocycles. The SMILES string of the molecule is CC(C)C[C@H]1CC(=O)Oc2ccc3c(c21)O/C(=C\c1ccc(C(C)C)cc1)C3=O. The van der Waals surface area contributed by atoms with E-state index in [1.807, 2.05) is 12.1 Å². The molecule has 0 amide bonds. The van der Waals surface area contributed by atoms with Crippen molar-refractivity contribution in [3.8, 4) is 11.5 Å². The van der Waals surface area contributed by atoms with Crippen molar-refractivity contribution in [3.63, 3.8) is 0 Å². The van der Waals surface area contributed by atoms with E-state index in [2.05, 4.69) is 39.8 Å². The number of allylic oxidation sites excluding steroid dienone is 1. The predicted molar refractivity (Wildman–Crippen MR) is 112 cm³/mol. The molecule has 0 fully saturated rings. The van der Waals surface area contributed by atoms with E-state index in [1.54, 1.807) is 18.2 Å². The van der Waals surface area contributed by atoms with Crippen LogP contribution in [0.5, 0.6) is 11.5 Å². The fraction of sp³-hybridized carbons (Fsp3) is 0.360. The minimum Gasteiger partial charge on any atom is -0.452 e. The van der Waals surface area contributed by atoms with E-state index in [0.717, 1.165) is 17.5 Å². The average Bonchev–Trinajstić information content (AvgIpc) is 2.97. The van der Waals surface area contributed by atoms with Gasteiger partial charge in [0.2, 0.25) is 5.78 Å². The molecule has 2 aliphatic rings. The number of benzene rings is 2. The Morgan fingerprint density at radius 2 is 1.72 bits per heavy atom. The summed E-state index contributed by atoms with van der Waals surface area (Å²) in [5, 5.41) is 0. The van der Waals surface area contributed by atoms with Crippen molar-refractivity contribution in [1.29, 1.82) is 0 Å². The van der Waals surface area contributed by atoms with Crippen LogP contribution < -0.4 is 9.47 Å². The summed E-state index contributed by atoms with van der Waals surface area (Å²) in [4.78, 5) is 25.0. The molecule has 0 bridgehead atoms. The number of hydrogen-bond donors (Lipinski definition) is 0. The lowest BCUT2D eigenvalue weighted by atomic mass is 9.84. The number of esters is 1. The number of ketones is 1. The third-order valence-electron chi connectivity index (χ3n) is 5.54. The molecule has 150 valence electrons. The molecule has 2 aromatic rings. The Labute approximate surface area is 171 Å². The van der Waals surface area contributed by atoms with E-state index >= 15 is 0 Å². The van der Waals surface area contributed by atoms with Crippen LogP contribution in [0.2, 0.25) is 0 Å². The Morgan fingerprint density at radius 1 is 1.00 bits per heavy atom. The zero-order valence-electron chi connectivity index (χ0n) is 17.3. The molecule has 0 aliphatic carbocycles. The van der Waals surface area contributed by atoms with Gasteiger partial charge in [0.05, 0.1) is 12.0 Å². The topological polar surface area (TPSA) is 52.6 Å². The highest BCUT2D eigenvalue weighted by molar-refractivity contribution is 6.15. The highest BCUT2D eigenvalue weighted by Crippen LogP contribution is 2.48. The maximum absolute atomic E-state index is 13.0. The first-order valence-corrected chi connectivity index (χ1v) is 10.2. The summed E-state index contributed by atoms with van der Waals surface area (Å²) in [6.07, 6.45) is 2.94. The average molecular weight is 390 g/mol. The van der Waals surface area contributed by atoms with E-state index in [4.69, 9.17) is 9.47 Å². The molecule has 0 aromatic heterocycles. The number of carbonyl (C=O) groups is 2. The van der Waals surface area contributed by atoms with Crippen LogP contribution >= 0.6 is 0 Å². The van der Waals surface area contributed by atoms with Gasteiger partial charge in [-0.15, -0.1) is 0 Å². The molecular weight excluding hydrogens is 364 g/mol. The van der Waals surface area contributed by atoms with Crippen LogP contribution in [0.15, 0.2) is 42.2 Å². The van der Waals surface area contributed by atoms with Gasteiger partial charge in [-0.3, -0.25) is 9.59 Å². The summed E-state index contributed by atoms with van der Waals surface area (Å²) in [7, 11) is 0. The molecule has 0 unspecified atom stereocenters. The van der Waals surface area contributed by atoms with Gasteiger partial charge in [0.1, 0.15) is 11.5 Å². The molecule has 29 heavy (non-hydrogen) atoms. The number of rotatable bonds is 4. The van der Waals surface area contributed by atoms with E-state index in [-0.39, 0.29) is 17.7 Å². The molecule has 0 saturated carbocycles. The number of fused-ring (bicyclic) bond motifs is 3. The maximum atomic E-state index is 13.0. The molecule has 0 radical (unpaired) electrons. The molecule has 4 heteroatoms. The first-order chi connectivity index (χ1) is 13.8. The van der Waals surface area contributed by atoms with Crippen molar-refractivity contribution in [2.45, 2.75) is 52.4 Å². The molecule has 4 rings (SSSR count). The van der Waals surface area contributed by atoms with Crippen LogP contribution in [0.3, 0.4) is 0 Å². The van der Waals surface area contributed by atoms with Crippen LogP contribution in [0.4, 0.5) is 0 Å². The lowest BCUT2D eigenvalue weighted by Crippen LogP contribution is -2.21. The van der Waals surface area contributed by atoms with E-state index < -0.39 is 0 Å². The molecule has 0 N–H and O–H groups in total. The summed E-state index contributed by atoms with van der Waals surface area (Å²) in [6, 6.07) is 11.6. The van der Waals surface area contributed by atoms with Gasteiger partial charge in [0.25, 0.3) is 0 Å². The normalized spacial score (nSPS) is 19.4. The standard InChI is InChI=1S/C25H26O4/c1-14(2)11-18-13-22(26)28-20-10-9-19-24(27)21(29-25(19)23(18)20)12-16-5-7-17(8-6-16)15(3)4/h5-10,12,14-15,18H,11,13H2,1-4H3/b21-12-/t18-/m0/s1. The van der Waals surface area contributed by atoms with Gasteiger partial charge < -0.3 is 9.47 Å². The van der Waals surface area contributed by atoms with Crippen molar-refractivity contribution >= 4 is 17.8 Å². The van der Waals surface area contributed by atoms with Crippen LogP contribution in [0, 0.1) is 5.92 Å². The van der Waals surface area contributed by atoms with Crippen molar-refractivity contribution < 1.29 is 19.1 Å². The zero-order chi connectivity index (χ0) is 20.7. The lowest BCUT2D eigenvalue weighted by molar-refractivity contribution is -0.136. The molecule has 0 spiro atoms. The molecule has 4 nitrogen and oxygen atoms in total. The molecule has 2 heterocycles. The summed E-state index contributed by atoms with van der Waals surface area (Å²) in [6.45, 7) is 8.55. The number of Topliss-reactive ketones (excluding diaryl/α,β-unsaturated/α-hetero) is 1. The van der Waals surface area contributed by atoms with Crippen molar-refractivity contribution in [1.82, 2.24) is 0 Å². The second-order valence-electron chi connectivity index (χ2n) is 8.62. The van der Waals surface area contributed by atoms with Crippen molar-refractivity contribution in [2.24, 2.45) is 5.92 Å². The van der Waals surface area contributed by atoms with Gasteiger partial charge in [-0.25, -0.2) is 0 Å². The molecular formula is C25H26O4. The molecule has 2 aromatic carbocycles. The third kappa shape index (κ3) is 3.71. The monoisotopic (exact) mass is 390 g/mol. The van der Waals surface area contributed by atoms with Gasteiger partial charge in [-0.05, 0) is 47.6 Å². The summed E-state index contributed by atoms with van der Waals surface area (Å²) in [5.41, 5.74) is 3.56. The second kappa shape index (κ2) is 7.51. The number of ether oxygens (including phenoxy) is 2. The Bertz CT molecular complexity index is 996. The number of hydrogen-bond acceptors (Lipinski definition) is 4. The minimum atomic E-state index is -0.228.